The lowest BCUT2D eigenvalue weighted by Crippen LogP contribution is -2.16. The molecule has 1 heterocycles. The Morgan fingerprint density at radius 3 is 2.65 bits per heavy atom. The summed E-state index contributed by atoms with van der Waals surface area (Å²) in [6, 6.07) is 2.54. The maximum Gasteiger partial charge on any atom is 0.342 e. The minimum absolute atomic E-state index is 0.0547. The predicted molar refractivity (Wildman–Crippen MR) is 86.4 cm³/mol. The fraction of sp³-hybridized carbons (Fsp3) is 0.444. The number of hydrogen-bond acceptors (Lipinski definition) is 5. The van der Waals surface area contributed by atoms with Gasteiger partial charge in [-0.1, -0.05) is 12.2 Å². The van der Waals surface area contributed by atoms with Gasteiger partial charge in [-0.05, 0) is 44.2 Å². The molecule has 5 heteroatoms. The monoisotopic (exact) mass is 321 g/mol. The average molecular weight is 321 g/mol. The Morgan fingerprint density at radius 2 is 1.87 bits per heavy atom. The van der Waals surface area contributed by atoms with E-state index in [9.17, 15) is 19.8 Å². The smallest absolute Gasteiger partial charge is 0.342 e. The second kappa shape index (κ2) is 7.81. The lowest BCUT2D eigenvalue weighted by Gasteiger charge is -2.15. The first-order valence-corrected chi connectivity index (χ1v) is 7.92. The number of Topliss-reactive ketones (excluding diaryl/α,β-unsaturated/α-hetero) is 1. The Hall–Kier alpha value is -2.30. The molecule has 0 unspecified atom stereocenters. The van der Waals surface area contributed by atoms with Crippen molar-refractivity contribution < 1.29 is 24.5 Å². The molecule has 2 rings (SSSR count). The number of benzene rings is 1. The average Bonchev–Trinajstić information content (AvgIpc) is 2.45. The number of carbonyl (C=O) groups excluding carboxylic acids is 2. The zero-order valence-corrected chi connectivity index (χ0v) is 13.2. The molecule has 0 aromatic heterocycles. The van der Waals surface area contributed by atoms with Gasteiger partial charge in [0.15, 0.2) is 0 Å². The number of allylic oxidation sites excluding steroid dienone is 1. The molecule has 0 radical (unpaired) electrons. The van der Waals surface area contributed by atoms with Crippen molar-refractivity contribution in [3.8, 4) is 11.5 Å². The van der Waals surface area contributed by atoms with Gasteiger partial charge in [0.2, 0.25) is 0 Å². The maximum atomic E-state index is 12.3. The molecule has 0 saturated carbocycles. The molecule has 5 nitrogen and oxygen atoms in total. The van der Waals surface area contributed by atoms with Crippen molar-refractivity contribution in [1.29, 1.82) is 0 Å². The van der Waals surface area contributed by atoms with Crippen LogP contribution >= 0.6 is 0 Å². The SMILES string of the molecule is [13CH3][13C@H]1CC[13CH2]C(=O)CCC/C=C/c2cc(O)cc(O)c2C(=O)O1. The molecule has 0 aliphatic carbocycles. The summed E-state index contributed by atoms with van der Waals surface area (Å²) in [4.78, 5) is 24.0. The molecule has 0 fully saturated rings. The van der Waals surface area contributed by atoms with Gasteiger partial charge >= 0.3 is 5.97 Å². The van der Waals surface area contributed by atoms with Gasteiger partial charge in [-0.3, -0.25) is 4.79 Å². The lowest BCUT2D eigenvalue weighted by atomic mass is 10.0. The number of phenolic OH excluding ortho intramolecular Hbond substituents is 2. The molecule has 0 saturated heterocycles. The zero-order valence-electron chi connectivity index (χ0n) is 13.2. The topological polar surface area (TPSA) is 83.8 Å². The van der Waals surface area contributed by atoms with E-state index in [1.54, 1.807) is 13.0 Å². The van der Waals surface area contributed by atoms with E-state index < -0.39 is 5.97 Å². The number of fused-ring (bicyclic) bond motifs is 1. The van der Waals surface area contributed by atoms with Crippen molar-refractivity contribution in [3.05, 3.63) is 29.3 Å². The fourth-order valence-corrected chi connectivity index (χ4v) is 2.63. The predicted octanol–water partition coefficient (Wildman–Crippen LogP) is 3.58. The van der Waals surface area contributed by atoms with Crippen LogP contribution in [-0.2, 0) is 9.53 Å². The van der Waals surface area contributed by atoms with Crippen molar-refractivity contribution in [2.24, 2.45) is 0 Å². The van der Waals surface area contributed by atoms with E-state index in [0.29, 0.717) is 37.7 Å². The van der Waals surface area contributed by atoms with E-state index in [1.165, 1.54) is 6.07 Å². The van der Waals surface area contributed by atoms with Crippen LogP contribution in [0.15, 0.2) is 18.2 Å². The maximum absolute atomic E-state index is 12.3. The molecule has 1 atom stereocenters. The summed E-state index contributed by atoms with van der Waals surface area (Å²) in [5.41, 5.74) is 0.460. The van der Waals surface area contributed by atoms with Crippen molar-refractivity contribution in [1.82, 2.24) is 0 Å². The van der Waals surface area contributed by atoms with Gasteiger partial charge in [0.05, 0.1) is 6.10 Å². The van der Waals surface area contributed by atoms with Gasteiger partial charge in [-0.2, -0.15) is 0 Å². The van der Waals surface area contributed by atoms with Crippen LogP contribution in [0, 0.1) is 0 Å². The van der Waals surface area contributed by atoms with E-state index in [4.69, 9.17) is 4.74 Å². The first kappa shape index (κ1) is 17.1. The normalized spacial score (nSPS) is 21.9. The van der Waals surface area contributed by atoms with Crippen LogP contribution in [-0.4, -0.2) is 28.1 Å². The van der Waals surface area contributed by atoms with Gasteiger partial charge in [0.25, 0.3) is 0 Å². The second-order valence-electron chi connectivity index (χ2n) is 5.87. The number of cyclic esters (lactones) is 1. The quantitative estimate of drug-likeness (QED) is 0.563. The summed E-state index contributed by atoms with van der Waals surface area (Å²) in [5.74, 6) is -0.824. The van der Waals surface area contributed by atoms with E-state index >= 15 is 0 Å². The molecule has 1 aliphatic heterocycles. The summed E-state index contributed by atoms with van der Waals surface area (Å²) in [6.45, 7) is 1.77. The third kappa shape index (κ3) is 4.84. The number of rotatable bonds is 0. The Bertz CT molecular complexity index is 618. The Labute approximate surface area is 135 Å². The van der Waals surface area contributed by atoms with Crippen molar-refractivity contribution in [2.75, 3.05) is 0 Å². The van der Waals surface area contributed by atoms with Crippen LogP contribution in [0.2, 0.25) is 0 Å². The van der Waals surface area contributed by atoms with Crippen LogP contribution in [0.1, 0.15) is 61.4 Å². The summed E-state index contributed by atoms with van der Waals surface area (Å²) in [5, 5.41) is 19.6. The highest BCUT2D eigenvalue weighted by Gasteiger charge is 2.20. The second-order valence-corrected chi connectivity index (χ2v) is 5.87. The Balaban J connectivity index is 2.32. The number of phenols is 2. The fourth-order valence-electron chi connectivity index (χ4n) is 2.63. The first-order chi connectivity index (χ1) is 11.0. The van der Waals surface area contributed by atoms with Crippen molar-refractivity contribution in [3.63, 3.8) is 0 Å². The molecule has 0 spiro atoms. The van der Waals surface area contributed by atoms with Crippen LogP contribution in [0.3, 0.4) is 0 Å². The molecule has 1 aliphatic rings. The molecule has 124 valence electrons. The van der Waals surface area contributed by atoms with E-state index in [-0.39, 0.29) is 28.9 Å². The molecular weight excluding hydrogens is 299 g/mol. The van der Waals surface area contributed by atoms with E-state index in [2.05, 4.69) is 0 Å². The largest absolute Gasteiger partial charge is 0.508 e. The number of hydrogen-bond donors (Lipinski definition) is 2. The minimum Gasteiger partial charge on any atom is -0.508 e. The van der Waals surface area contributed by atoms with Crippen LogP contribution in [0.5, 0.6) is 11.5 Å². The van der Waals surface area contributed by atoms with Gasteiger partial charge in [-0.15, -0.1) is 0 Å². The van der Waals surface area contributed by atoms with E-state index in [0.717, 1.165) is 12.5 Å². The third-order valence-corrected chi connectivity index (χ3v) is 3.84. The number of ether oxygens (including phenoxy) is 1. The highest BCUT2D eigenvalue weighted by molar-refractivity contribution is 5.97. The van der Waals surface area contributed by atoms with Crippen molar-refractivity contribution in [2.45, 2.75) is 51.6 Å². The van der Waals surface area contributed by atoms with Crippen molar-refractivity contribution >= 4 is 17.8 Å². The molecule has 1 aromatic rings. The molecule has 0 bridgehead atoms. The van der Waals surface area contributed by atoms with Gasteiger partial charge < -0.3 is 14.9 Å². The highest BCUT2D eigenvalue weighted by atomic mass is 16.6. The first-order valence-electron chi connectivity index (χ1n) is 7.92. The highest BCUT2D eigenvalue weighted by Crippen LogP contribution is 2.29. The van der Waals surface area contributed by atoms with Gasteiger partial charge in [0, 0.05) is 18.9 Å². The van der Waals surface area contributed by atoms with Gasteiger partial charge in [-0.25, -0.2) is 4.79 Å². The summed E-state index contributed by atoms with van der Waals surface area (Å²) >= 11 is 0. The van der Waals surface area contributed by atoms with Crippen LogP contribution in [0.4, 0.5) is 0 Å². The molecule has 0 amide bonds. The lowest BCUT2D eigenvalue weighted by molar-refractivity contribution is -0.119. The van der Waals surface area contributed by atoms with Crippen LogP contribution in [0.25, 0.3) is 6.08 Å². The molecule has 23 heavy (non-hydrogen) atoms. The number of aromatic hydroxyl groups is 2. The minimum atomic E-state index is -0.627. The van der Waals surface area contributed by atoms with Gasteiger partial charge in [0.1, 0.15) is 22.8 Å². The van der Waals surface area contributed by atoms with E-state index in [1.807, 2.05) is 6.08 Å². The molecular formula is C18H22O5. The third-order valence-electron chi connectivity index (χ3n) is 3.84. The number of carbonyl (C=O) groups is 2. The Morgan fingerprint density at radius 1 is 1.13 bits per heavy atom. The Kier molecular flexibility index (Phi) is 5.79. The summed E-state index contributed by atoms with van der Waals surface area (Å²) in [7, 11) is 0. The summed E-state index contributed by atoms with van der Waals surface area (Å²) < 4.78 is 5.35. The molecule has 1 aromatic carbocycles. The standard InChI is InChI=1S/C18H22O5/c1-12-6-5-9-14(19)8-4-2-3-7-13-10-15(20)11-16(21)17(13)18(22)23-12/h3,7,10-12,20-21H,2,4-6,8-9H2,1H3/b7-3+/t12-/m0/s1/i1+1,9+1,12+1. The molecule has 2 N–H and O–H groups in total. The number of ketones is 1. The van der Waals surface area contributed by atoms with Crippen LogP contribution < -0.4 is 0 Å². The number of esters is 1. The zero-order chi connectivity index (χ0) is 16.8. The summed E-state index contributed by atoms with van der Waals surface area (Å²) in [6.07, 6.45) is 6.90.